The number of methoxy groups -OCH3 is 2. The Kier molecular flexibility index (Phi) is 13.5. The number of hydrogen-bond acceptors (Lipinski definition) is 5. The van der Waals surface area contributed by atoms with Crippen LogP contribution in [0.5, 0.6) is 0 Å². The molecule has 0 aliphatic carbocycles. The maximum atomic E-state index is 11.4. The molecule has 1 rings (SSSR count). The fraction of sp³-hybridized carbons (Fsp3) is 0.273. The second-order valence-corrected chi connectivity index (χ2v) is 4.75. The summed E-state index contributed by atoms with van der Waals surface area (Å²) in [5.74, 6) is 0.367. The Hall–Kier alpha value is -3.08. The van der Waals surface area contributed by atoms with E-state index >= 15 is 0 Å². The van der Waals surface area contributed by atoms with Crippen molar-refractivity contribution in [3.63, 3.8) is 0 Å². The molecule has 5 nitrogen and oxygen atoms in total. The minimum absolute atomic E-state index is 0.306. The molecule has 5 heteroatoms. The molecule has 0 atom stereocenters. The van der Waals surface area contributed by atoms with Gasteiger partial charge in [-0.2, -0.15) is 0 Å². The summed E-state index contributed by atoms with van der Waals surface area (Å²) in [5.41, 5.74) is 1.84. The van der Waals surface area contributed by atoms with Crippen LogP contribution in [0.1, 0.15) is 36.7 Å². The van der Waals surface area contributed by atoms with Crippen LogP contribution < -0.4 is 0 Å². The Labute approximate surface area is 162 Å². The summed E-state index contributed by atoms with van der Waals surface area (Å²) in [6, 6.07) is 6.85. The summed E-state index contributed by atoms with van der Waals surface area (Å²) in [5, 5.41) is 4.05. The van der Waals surface area contributed by atoms with Gasteiger partial charge in [0, 0.05) is 5.56 Å². The second-order valence-electron chi connectivity index (χ2n) is 4.75. The number of rotatable bonds is 9. The van der Waals surface area contributed by atoms with Crippen molar-refractivity contribution in [1.29, 1.82) is 0 Å². The Morgan fingerprint density at radius 3 is 2.26 bits per heavy atom. The molecule has 0 aliphatic heterocycles. The van der Waals surface area contributed by atoms with E-state index in [0.717, 1.165) is 11.3 Å². The van der Waals surface area contributed by atoms with E-state index in [-0.39, 0.29) is 5.97 Å². The topological polar surface area (TPSA) is 57.1 Å². The molecule has 0 spiro atoms. The van der Waals surface area contributed by atoms with E-state index in [4.69, 9.17) is 9.57 Å². The predicted octanol–water partition coefficient (Wildman–Crippen LogP) is 5.07. The molecule has 1 aromatic carbocycles. The van der Waals surface area contributed by atoms with Gasteiger partial charge in [0.25, 0.3) is 0 Å². The number of benzene rings is 1. The molecule has 0 aliphatic rings. The highest BCUT2D eigenvalue weighted by Gasteiger charge is 2.06. The molecule has 146 valence electrons. The van der Waals surface area contributed by atoms with E-state index in [1.165, 1.54) is 7.11 Å². The molecular weight excluding hydrogens is 342 g/mol. The second kappa shape index (κ2) is 15.2. The molecule has 0 radical (unpaired) electrons. The molecule has 0 saturated heterocycles. The first kappa shape index (κ1) is 23.9. The zero-order valence-electron chi connectivity index (χ0n) is 16.8. The van der Waals surface area contributed by atoms with Crippen molar-refractivity contribution in [2.45, 2.75) is 20.8 Å². The Morgan fingerprint density at radius 1 is 1.11 bits per heavy atom. The number of carbonyl (C=O) groups excluding carboxylic acids is 1. The van der Waals surface area contributed by atoms with Crippen LogP contribution in [0.25, 0.3) is 0 Å². The van der Waals surface area contributed by atoms with Crippen LogP contribution in [0.15, 0.2) is 78.2 Å². The standard InChI is InChI=1S/C20H23NO4.C2H6/c1-5-9-18(23-3)10-7-8-15-25-21-19(6-2)16-11-13-17(14-12-16)20(22)24-4;1-2/h5-14H,2,15H2,1,3-4H3;1-2H3/b8-7+,9-5-,18-10+,21-19+;. The van der Waals surface area contributed by atoms with Gasteiger partial charge in [0.15, 0.2) is 0 Å². The highest BCUT2D eigenvalue weighted by Crippen LogP contribution is 2.08. The van der Waals surface area contributed by atoms with Crippen LogP contribution in [-0.2, 0) is 14.3 Å². The largest absolute Gasteiger partial charge is 0.497 e. The van der Waals surface area contributed by atoms with Crippen LogP contribution in [0.2, 0.25) is 0 Å². The summed E-state index contributed by atoms with van der Waals surface area (Å²) in [4.78, 5) is 16.7. The minimum Gasteiger partial charge on any atom is -0.497 e. The van der Waals surface area contributed by atoms with Gasteiger partial charge in [0.2, 0.25) is 0 Å². The van der Waals surface area contributed by atoms with Gasteiger partial charge in [-0.1, -0.05) is 49.9 Å². The summed E-state index contributed by atoms with van der Waals surface area (Å²) in [6.45, 7) is 9.95. The van der Waals surface area contributed by atoms with Gasteiger partial charge in [-0.25, -0.2) is 4.79 Å². The van der Waals surface area contributed by atoms with Crippen LogP contribution in [0.4, 0.5) is 0 Å². The third-order valence-electron chi connectivity index (χ3n) is 3.09. The van der Waals surface area contributed by atoms with Crippen molar-refractivity contribution in [3.05, 3.63) is 84.2 Å². The van der Waals surface area contributed by atoms with E-state index in [1.54, 1.807) is 37.5 Å². The van der Waals surface area contributed by atoms with E-state index in [9.17, 15) is 4.79 Å². The molecule has 0 heterocycles. The van der Waals surface area contributed by atoms with Gasteiger partial charge in [-0.3, -0.25) is 0 Å². The summed E-state index contributed by atoms with van der Waals surface area (Å²) in [6.07, 6.45) is 10.8. The first-order chi connectivity index (χ1) is 13.2. The van der Waals surface area contributed by atoms with E-state index in [0.29, 0.717) is 17.9 Å². The first-order valence-electron chi connectivity index (χ1n) is 8.70. The van der Waals surface area contributed by atoms with Crippen molar-refractivity contribution in [3.8, 4) is 0 Å². The van der Waals surface area contributed by atoms with Crippen molar-refractivity contribution in [2.24, 2.45) is 5.16 Å². The number of oxime groups is 1. The van der Waals surface area contributed by atoms with Crippen molar-refractivity contribution >= 4 is 11.7 Å². The van der Waals surface area contributed by atoms with Gasteiger partial charge in [-0.15, -0.1) is 0 Å². The van der Waals surface area contributed by atoms with E-state index in [2.05, 4.69) is 16.5 Å². The highest BCUT2D eigenvalue weighted by atomic mass is 16.6. The van der Waals surface area contributed by atoms with Crippen LogP contribution in [0.3, 0.4) is 0 Å². The quantitative estimate of drug-likeness (QED) is 0.152. The molecule has 1 aromatic rings. The lowest BCUT2D eigenvalue weighted by atomic mass is 10.1. The average molecular weight is 371 g/mol. The zero-order valence-corrected chi connectivity index (χ0v) is 16.8. The molecule has 0 N–H and O–H groups in total. The lowest BCUT2D eigenvalue weighted by Crippen LogP contribution is -2.03. The summed E-state index contributed by atoms with van der Waals surface area (Å²) < 4.78 is 9.82. The molecule has 0 bridgehead atoms. The van der Waals surface area contributed by atoms with Crippen molar-refractivity contribution in [2.75, 3.05) is 20.8 Å². The smallest absolute Gasteiger partial charge is 0.337 e. The first-order valence-corrected chi connectivity index (χ1v) is 8.70. The van der Waals surface area contributed by atoms with Crippen LogP contribution in [0, 0.1) is 0 Å². The Bertz CT molecular complexity index is 683. The number of hydrogen-bond donors (Lipinski definition) is 0. The molecule has 0 aromatic heterocycles. The van der Waals surface area contributed by atoms with E-state index < -0.39 is 0 Å². The van der Waals surface area contributed by atoms with Gasteiger partial charge in [0.05, 0.1) is 19.8 Å². The van der Waals surface area contributed by atoms with Crippen LogP contribution >= 0.6 is 0 Å². The normalized spacial score (nSPS) is 11.7. The Balaban J connectivity index is 0.00000326. The minimum atomic E-state index is -0.383. The lowest BCUT2D eigenvalue weighted by molar-refractivity contribution is 0.0600. The molecule has 0 saturated carbocycles. The number of carbonyl (C=O) groups is 1. The molecule has 0 amide bonds. The lowest BCUT2D eigenvalue weighted by Gasteiger charge is -2.03. The predicted molar refractivity (Wildman–Crippen MR) is 111 cm³/mol. The number of ether oxygens (including phenoxy) is 2. The number of allylic oxidation sites excluding steroid dienone is 5. The maximum Gasteiger partial charge on any atom is 0.337 e. The van der Waals surface area contributed by atoms with Crippen molar-refractivity contribution in [1.82, 2.24) is 0 Å². The number of nitrogens with zero attached hydrogens (tertiary/aromatic N) is 1. The Morgan fingerprint density at radius 2 is 1.74 bits per heavy atom. The third kappa shape index (κ3) is 9.26. The van der Waals surface area contributed by atoms with Gasteiger partial charge in [0.1, 0.15) is 18.1 Å². The monoisotopic (exact) mass is 371 g/mol. The van der Waals surface area contributed by atoms with Crippen LogP contribution in [-0.4, -0.2) is 32.5 Å². The van der Waals surface area contributed by atoms with Crippen molar-refractivity contribution < 1.29 is 19.1 Å². The molecule has 0 unspecified atom stereocenters. The van der Waals surface area contributed by atoms with E-state index in [1.807, 2.05) is 51.2 Å². The fourth-order valence-corrected chi connectivity index (χ4v) is 1.83. The molecule has 27 heavy (non-hydrogen) atoms. The SMILES string of the molecule is C=C/C(=N\OC/C=C/C=C(\C=C/C)OC)c1ccc(C(=O)OC)cc1.CC. The van der Waals surface area contributed by atoms with Gasteiger partial charge >= 0.3 is 5.97 Å². The fourth-order valence-electron chi connectivity index (χ4n) is 1.83. The summed E-state index contributed by atoms with van der Waals surface area (Å²) >= 11 is 0. The number of esters is 1. The van der Waals surface area contributed by atoms with Gasteiger partial charge < -0.3 is 14.3 Å². The average Bonchev–Trinajstić information content (AvgIpc) is 2.73. The summed E-state index contributed by atoms with van der Waals surface area (Å²) in [7, 11) is 2.96. The zero-order chi connectivity index (χ0) is 20.5. The molecule has 0 fully saturated rings. The highest BCUT2D eigenvalue weighted by molar-refractivity contribution is 6.08. The maximum absolute atomic E-state index is 11.4. The van der Waals surface area contributed by atoms with Gasteiger partial charge in [-0.05, 0) is 43.4 Å². The third-order valence-corrected chi connectivity index (χ3v) is 3.09. The molecular formula is C22H29NO4.